The normalized spacial score (nSPS) is 16.1. The van der Waals surface area contributed by atoms with E-state index in [9.17, 15) is 18.3 Å². The Morgan fingerprint density at radius 1 is 1.06 bits per heavy atom. The number of sulfone groups is 1. The third-order valence-corrected chi connectivity index (χ3v) is 7.41. The van der Waals surface area contributed by atoms with Crippen LogP contribution in [0.2, 0.25) is 0 Å². The van der Waals surface area contributed by atoms with Crippen molar-refractivity contribution in [3.8, 4) is 6.07 Å². The fourth-order valence-corrected chi connectivity index (χ4v) is 5.33. The van der Waals surface area contributed by atoms with Crippen LogP contribution in [0.25, 0.3) is 0 Å². The number of likely N-dealkylation sites (tertiary alicyclic amines) is 1. The number of nitriles is 1. The number of aromatic carboxylic acids is 1. The number of piperidine rings is 1. The van der Waals surface area contributed by atoms with Crippen molar-refractivity contribution in [3.05, 3.63) is 65.2 Å². The summed E-state index contributed by atoms with van der Waals surface area (Å²) in [5.41, 5.74) is 0.473. The van der Waals surface area contributed by atoms with Gasteiger partial charge in [-0.05, 0) is 61.2 Å². The molecule has 0 saturated carbocycles. The Bertz CT molecular complexity index is 1040. The molecule has 7 nitrogen and oxygen atoms in total. The molecule has 1 saturated heterocycles. The molecule has 0 atom stereocenters. The zero-order chi connectivity index (χ0) is 21.8. The molecule has 2 aromatic carbocycles. The van der Waals surface area contributed by atoms with Crippen LogP contribution >= 0.6 is 0 Å². The van der Waals surface area contributed by atoms with E-state index in [1.165, 1.54) is 24.3 Å². The number of hydrogen-bond donors (Lipinski definition) is 2. The quantitative estimate of drug-likeness (QED) is 0.611. The second-order valence-electron chi connectivity index (χ2n) is 7.71. The van der Waals surface area contributed by atoms with Gasteiger partial charge in [0.05, 0.1) is 33.4 Å². The van der Waals surface area contributed by atoms with Crippen LogP contribution < -0.4 is 0 Å². The Hall–Kier alpha value is -1.73. The summed E-state index contributed by atoms with van der Waals surface area (Å²) < 4.78 is 25.4. The van der Waals surface area contributed by atoms with Crippen molar-refractivity contribution in [3.63, 3.8) is 0 Å². The van der Waals surface area contributed by atoms with E-state index in [-0.39, 0.29) is 45.8 Å². The molecular weight excluding hydrogens is 427 g/mol. The molecule has 1 fully saturated rings. The molecule has 0 radical (unpaired) electrons. The number of carboxylic acid groups (broad SMARTS) is 1. The van der Waals surface area contributed by atoms with Gasteiger partial charge in [-0.2, -0.15) is 5.26 Å². The number of hydrogen-bond acceptors (Lipinski definition) is 6. The van der Waals surface area contributed by atoms with Crippen LogP contribution in [0.3, 0.4) is 0 Å². The molecule has 1 aliphatic rings. The van der Waals surface area contributed by atoms with Gasteiger partial charge in [-0.1, -0.05) is 12.1 Å². The molecular formula is C22H25N2NaO5S. The van der Waals surface area contributed by atoms with Crippen LogP contribution in [0.15, 0.2) is 53.4 Å². The molecule has 1 aliphatic heterocycles. The summed E-state index contributed by atoms with van der Waals surface area (Å²) in [6.07, 6.45) is 1.53. The van der Waals surface area contributed by atoms with Crippen molar-refractivity contribution in [2.75, 3.05) is 25.4 Å². The summed E-state index contributed by atoms with van der Waals surface area (Å²) in [4.78, 5) is 13.1. The van der Waals surface area contributed by atoms with Gasteiger partial charge in [0.1, 0.15) is 0 Å². The third kappa shape index (κ3) is 6.88. The monoisotopic (exact) mass is 452 g/mol. The van der Waals surface area contributed by atoms with E-state index in [0.717, 1.165) is 18.5 Å². The summed E-state index contributed by atoms with van der Waals surface area (Å²) in [5.74, 6) is -1.50. The van der Waals surface area contributed by atoms with Crippen LogP contribution in [0.4, 0.5) is 0 Å². The van der Waals surface area contributed by atoms with E-state index in [0.29, 0.717) is 31.5 Å². The Labute approximate surface area is 204 Å². The van der Waals surface area contributed by atoms with E-state index in [1.54, 1.807) is 12.1 Å². The topological polar surface area (TPSA) is 119 Å². The SMILES string of the molecule is N#Cc1ccc(CCN2CCC(O)(CS(=O)(=O)c3ccc(C(=O)O)cc3)CC2)cc1.[NaH]. The van der Waals surface area contributed by atoms with E-state index in [1.807, 2.05) is 12.1 Å². The molecule has 160 valence electrons. The number of aliphatic hydroxyl groups is 1. The number of benzene rings is 2. The first-order valence-corrected chi connectivity index (χ1v) is 11.4. The van der Waals surface area contributed by atoms with Crippen molar-refractivity contribution < 1.29 is 23.4 Å². The fourth-order valence-electron chi connectivity index (χ4n) is 3.61. The van der Waals surface area contributed by atoms with Crippen LogP contribution in [-0.2, 0) is 16.3 Å². The van der Waals surface area contributed by atoms with Gasteiger partial charge >= 0.3 is 35.5 Å². The molecule has 2 N–H and O–H groups in total. The number of rotatable bonds is 7. The summed E-state index contributed by atoms with van der Waals surface area (Å²) in [7, 11) is -3.73. The molecule has 0 bridgehead atoms. The minimum absolute atomic E-state index is 0. The van der Waals surface area contributed by atoms with Gasteiger partial charge in [0.25, 0.3) is 0 Å². The van der Waals surface area contributed by atoms with Crippen molar-refractivity contribution in [1.82, 2.24) is 4.90 Å². The molecule has 0 amide bonds. The van der Waals surface area contributed by atoms with Crippen molar-refractivity contribution in [1.29, 1.82) is 5.26 Å². The Morgan fingerprint density at radius 3 is 2.16 bits per heavy atom. The zero-order valence-corrected chi connectivity index (χ0v) is 17.3. The maximum atomic E-state index is 12.7. The van der Waals surface area contributed by atoms with Gasteiger partial charge in [-0.25, -0.2) is 13.2 Å². The van der Waals surface area contributed by atoms with Gasteiger partial charge in [0, 0.05) is 19.6 Å². The summed E-state index contributed by atoms with van der Waals surface area (Å²) in [6.45, 7) is 1.99. The Morgan fingerprint density at radius 2 is 1.65 bits per heavy atom. The standard InChI is InChI=1S/C22H24N2O5S.Na.H/c23-15-18-3-1-17(2-4-18)9-12-24-13-10-22(27,11-14-24)16-30(28,29)20-7-5-19(6-8-20)21(25)26;;/h1-8,27H,9-14,16H2,(H,25,26);;. The minimum atomic E-state index is -3.73. The van der Waals surface area contributed by atoms with Crippen LogP contribution in [0, 0.1) is 11.3 Å². The average Bonchev–Trinajstić information content (AvgIpc) is 2.73. The Kier molecular flexibility index (Phi) is 8.83. The van der Waals surface area contributed by atoms with E-state index < -0.39 is 21.4 Å². The van der Waals surface area contributed by atoms with Crippen molar-refractivity contribution in [2.45, 2.75) is 29.8 Å². The second kappa shape index (κ2) is 10.7. The molecule has 0 aromatic heterocycles. The van der Waals surface area contributed by atoms with Crippen LogP contribution in [0.1, 0.15) is 34.3 Å². The first-order chi connectivity index (χ1) is 14.2. The molecule has 3 rings (SSSR count). The first kappa shape index (κ1) is 25.5. The van der Waals surface area contributed by atoms with Crippen molar-refractivity contribution in [2.24, 2.45) is 0 Å². The number of carboxylic acids is 1. The summed E-state index contributed by atoms with van der Waals surface area (Å²) >= 11 is 0. The summed E-state index contributed by atoms with van der Waals surface area (Å²) in [6, 6.07) is 14.6. The summed E-state index contributed by atoms with van der Waals surface area (Å²) in [5, 5.41) is 28.6. The van der Waals surface area contributed by atoms with Gasteiger partial charge in [-0.15, -0.1) is 0 Å². The Balaban J connectivity index is 0.00000341. The molecule has 0 unspecified atom stereocenters. The first-order valence-electron chi connectivity index (χ1n) is 9.71. The van der Waals surface area contributed by atoms with Crippen molar-refractivity contribution >= 4 is 45.4 Å². The van der Waals surface area contributed by atoms with Crippen LogP contribution in [-0.4, -0.2) is 90.0 Å². The predicted molar refractivity (Wildman–Crippen MR) is 118 cm³/mol. The van der Waals surface area contributed by atoms with Gasteiger partial charge in [0.2, 0.25) is 0 Å². The molecule has 2 aromatic rings. The fraction of sp³-hybridized carbons (Fsp3) is 0.364. The second-order valence-corrected chi connectivity index (χ2v) is 9.70. The van der Waals surface area contributed by atoms with E-state index in [4.69, 9.17) is 10.4 Å². The van der Waals surface area contributed by atoms with E-state index >= 15 is 0 Å². The molecule has 0 aliphatic carbocycles. The average molecular weight is 453 g/mol. The maximum absolute atomic E-state index is 12.7. The van der Waals surface area contributed by atoms with E-state index in [2.05, 4.69) is 11.0 Å². The van der Waals surface area contributed by atoms with Crippen LogP contribution in [0.5, 0.6) is 0 Å². The van der Waals surface area contributed by atoms with Gasteiger partial charge < -0.3 is 15.1 Å². The van der Waals surface area contributed by atoms with Gasteiger partial charge in [0.15, 0.2) is 9.84 Å². The molecule has 0 spiro atoms. The predicted octanol–water partition coefficient (Wildman–Crippen LogP) is 1.45. The molecule has 31 heavy (non-hydrogen) atoms. The molecule has 1 heterocycles. The zero-order valence-electron chi connectivity index (χ0n) is 16.5. The van der Waals surface area contributed by atoms with Gasteiger partial charge in [-0.3, -0.25) is 0 Å². The number of carbonyl (C=O) groups is 1. The third-order valence-electron chi connectivity index (χ3n) is 5.51. The number of nitrogens with zero attached hydrogens (tertiary/aromatic N) is 2. The molecule has 9 heteroatoms.